The predicted octanol–water partition coefficient (Wildman–Crippen LogP) is 2.65. The Hall–Kier alpha value is -2.48. The van der Waals surface area contributed by atoms with Gasteiger partial charge < -0.3 is 15.6 Å². The molecule has 0 saturated heterocycles. The second kappa shape index (κ2) is 9.64. The molecule has 7 nitrogen and oxygen atoms in total. The van der Waals surface area contributed by atoms with Crippen molar-refractivity contribution in [3.63, 3.8) is 0 Å². The first-order chi connectivity index (χ1) is 13.2. The molecule has 2 amide bonds. The minimum Gasteiger partial charge on any atom is -0.350 e. The highest BCUT2D eigenvalue weighted by Gasteiger charge is 2.14. The highest BCUT2D eigenvalue weighted by Crippen LogP contribution is 2.07. The molecule has 0 atom stereocenters. The summed E-state index contributed by atoms with van der Waals surface area (Å²) in [5.41, 5.74) is 0.326. The van der Waals surface area contributed by atoms with Crippen molar-refractivity contribution in [2.24, 2.45) is 0 Å². The first kappa shape index (κ1) is 21.8. The fourth-order valence-corrected chi connectivity index (χ4v) is 3.15. The van der Waals surface area contributed by atoms with Gasteiger partial charge in [0.05, 0.1) is 17.4 Å². The van der Waals surface area contributed by atoms with E-state index in [1.807, 2.05) is 39.0 Å². The van der Waals surface area contributed by atoms with Crippen molar-refractivity contribution in [2.45, 2.75) is 58.5 Å². The van der Waals surface area contributed by atoms with Crippen LogP contribution in [0.5, 0.6) is 0 Å². The van der Waals surface area contributed by atoms with Crippen molar-refractivity contribution >= 4 is 34.9 Å². The van der Waals surface area contributed by atoms with Gasteiger partial charge in [-0.25, -0.2) is 0 Å². The molecule has 152 valence electrons. The molecule has 8 heteroatoms. The summed E-state index contributed by atoms with van der Waals surface area (Å²) in [4.78, 5) is 39.1. The second-order valence-electron chi connectivity index (χ2n) is 7.82. The molecule has 0 radical (unpaired) electrons. The molecule has 0 bridgehead atoms. The first-order valence-electron chi connectivity index (χ1n) is 9.47. The molecule has 0 aliphatic carbocycles. The number of hydrogen-bond donors (Lipinski definition) is 3. The van der Waals surface area contributed by atoms with Crippen LogP contribution in [0.3, 0.4) is 0 Å². The van der Waals surface area contributed by atoms with Crippen LogP contribution in [0, 0.1) is 4.77 Å². The fourth-order valence-electron chi connectivity index (χ4n) is 2.86. The summed E-state index contributed by atoms with van der Waals surface area (Å²) < 4.78 is 1.97. The maximum atomic E-state index is 12.5. The fraction of sp³-hybridized carbons (Fsp3) is 0.500. The zero-order valence-electron chi connectivity index (χ0n) is 16.6. The SMILES string of the molecule is CC(C)(C)NC(=O)CNC(=O)CCCCCn1c(=S)[nH]c2ccccc2c1=O. The molecule has 0 spiro atoms. The third-order valence-electron chi connectivity index (χ3n) is 4.14. The lowest BCUT2D eigenvalue weighted by Gasteiger charge is -2.20. The van der Waals surface area contributed by atoms with E-state index in [-0.39, 0.29) is 29.5 Å². The maximum absolute atomic E-state index is 12.5. The Morgan fingerprint density at radius 2 is 1.82 bits per heavy atom. The molecule has 2 aromatic rings. The van der Waals surface area contributed by atoms with Gasteiger partial charge in [-0.1, -0.05) is 18.6 Å². The monoisotopic (exact) mass is 404 g/mol. The van der Waals surface area contributed by atoms with E-state index >= 15 is 0 Å². The number of unbranched alkanes of at least 4 members (excludes halogenated alkanes) is 2. The number of para-hydroxylation sites is 1. The third kappa shape index (κ3) is 6.60. The Morgan fingerprint density at radius 3 is 2.54 bits per heavy atom. The summed E-state index contributed by atoms with van der Waals surface area (Å²) in [6.45, 7) is 6.16. The number of fused-ring (bicyclic) bond motifs is 1. The van der Waals surface area contributed by atoms with Crippen molar-refractivity contribution in [3.05, 3.63) is 39.4 Å². The van der Waals surface area contributed by atoms with Crippen LogP contribution in [0.4, 0.5) is 0 Å². The van der Waals surface area contributed by atoms with Crippen molar-refractivity contribution in [1.82, 2.24) is 20.2 Å². The molecule has 0 unspecified atom stereocenters. The first-order valence-corrected chi connectivity index (χ1v) is 9.88. The third-order valence-corrected chi connectivity index (χ3v) is 4.46. The summed E-state index contributed by atoms with van der Waals surface area (Å²) in [7, 11) is 0. The minimum atomic E-state index is -0.316. The van der Waals surface area contributed by atoms with Gasteiger partial charge in [0, 0.05) is 18.5 Å². The van der Waals surface area contributed by atoms with Gasteiger partial charge in [0.25, 0.3) is 5.56 Å². The molecule has 28 heavy (non-hydrogen) atoms. The summed E-state index contributed by atoms with van der Waals surface area (Å²) in [6, 6.07) is 7.29. The van der Waals surface area contributed by atoms with Crippen molar-refractivity contribution in [2.75, 3.05) is 6.54 Å². The van der Waals surface area contributed by atoms with E-state index in [0.29, 0.717) is 29.5 Å². The zero-order valence-corrected chi connectivity index (χ0v) is 17.4. The van der Waals surface area contributed by atoms with Gasteiger partial charge >= 0.3 is 0 Å². The molecule has 0 aliphatic rings. The standard InChI is InChI=1S/C20H28N4O3S/c1-20(2,3)23-17(26)13-21-16(25)11-5-4-8-12-24-18(27)14-9-6-7-10-15(14)22-19(24)28/h6-7,9-10H,4-5,8,11-13H2,1-3H3,(H,21,25)(H,22,28)(H,23,26). The van der Waals surface area contributed by atoms with Crippen molar-refractivity contribution in [1.29, 1.82) is 0 Å². The van der Waals surface area contributed by atoms with Crippen molar-refractivity contribution < 1.29 is 9.59 Å². The highest BCUT2D eigenvalue weighted by atomic mass is 32.1. The van der Waals surface area contributed by atoms with Gasteiger partial charge in [0.15, 0.2) is 4.77 Å². The molecular formula is C20H28N4O3S. The predicted molar refractivity (Wildman–Crippen MR) is 113 cm³/mol. The number of aromatic amines is 1. The lowest BCUT2D eigenvalue weighted by Crippen LogP contribution is -2.45. The molecule has 1 heterocycles. The smallest absolute Gasteiger partial charge is 0.262 e. The largest absolute Gasteiger partial charge is 0.350 e. The van der Waals surface area contributed by atoms with Crippen LogP contribution >= 0.6 is 12.2 Å². The van der Waals surface area contributed by atoms with E-state index in [0.717, 1.165) is 18.4 Å². The van der Waals surface area contributed by atoms with Gasteiger partial charge in [-0.15, -0.1) is 0 Å². The van der Waals surface area contributed by atoms with Crippen LogP contribution in [0.2, 0.25) is 0 Å². The highest BCUT2D eigenvalue weighted by molar-refractivity contribution is 7.71. The molecule has 1 aromatic carbocycles. The van der Waals surface area contributed by atoms with Gasteiger partial charge in [-0.05, 0) is 58.0 Å². The molecule has 0 saturated carbocycles. The number of aromatic nitrogens is 2. The Kier molecular flexibility index (Phi) is 7.51. The molecule has 3 N–H and O–H groups in total. The van der Waals surface area contributed by atoms with Crippen LogP contribution < -0.4 is 16.2 Å². The second-order valence-corrected chi connectivity index (χ2v) is 8.20. The van der Waals surface area contributed by atoms with Crippen molar-refractivity contribution in [3.8, 4) is 0 Å². The Labute approximate surface area is 169 Å². The summed E-state index contributed by atoms with van der Waals surface area (Å²) in [5, 5.41) is 6.03. The van der Waals surface area contributed by atoms with Gasteiger partial charge in [-0.3, -0.25) is 19.0 Å². The average molecular weight is 405 g/mol. The number of rotatable bonds is 8. The molecule has 1 aromatic heterocycles. The number of carbonyl (C=O) groups is 2. The average Bonchev–Trinajstić information content (AvgIpc) is 2.60. The number of carbonyl (C=O) groups excluding carboxylic acids is 2. The van der Waals surface area contributed by atoms with E-state index in [1.54, 1.807) is 10.6 Å². The summed E-state index contributed by atoms with van der Waals surface area (Å²) >= 11 is 5.29. The molecule has 0 aliphatic heterocycles. The quantitative estimate of drug-likeness (QED) is 0.466. The number of amides is 2. The lowest BCUT2D eigenvalue weighted by atomic mass is 10.1. The van der Waals surface area contributed by atoms with Crippen LogP contribution in [-0.2, 0) is 16.1 Å². The molecular weight excluding hydrogens is 376 g/mol. The van der Waals surface area contributed by atoms with E-state index in [1.165, 1.54) is 0 Å². The number of hydrogen-bond acceptors (Lipinski definition) is 4. The van der Waals surface area contributed by atoms with E-state index in [2.05, 4.69) is 15.6 Å². The van der Waals surface area contributed by atoms with E-state index < -0.39 is 0 Å². The molecule has 2 rings (SSSR count). The summed E-state index contributed by atoms with van der Waals surface area (Å²) in [5.74, 6) is -0.352. The molecule has 0 fully saturated rings. The van der Waals surface area contributed by atoms with Crippen LogP contribution in [0.1, 0.15) is 46.5 Å². The van der Waals surface area contributed by atoms with Gasteiger partial charge in [0.2, 0.25) is 11.8 Å². The Bertz CT molecular complexity index is 956. The number of nitrogens with one attached hydrogen (secondary N) is 3. The van der Waals surface area contributed by atoms with Crippen LogP contribution in [0.25, 0.3) is 10.9 Å². The Morgan fingerprint density at radius 1 is 1.11 bits per heavy atom. The van der Waals surface area contributed by atoms with E-state index in [9.17, 15) is 14.4 Å². The van der Waals surface area contributed by atoms with Gasteiger partial charge in [-0.2, -0.15) is 0 Å². The topological polar surface area (TPSA) is 96.0 Å². The minimum absolute atomic E-state index is 0.0161. The lowest BCUT2D eigenvalue weighted by molar-refractivity contribution is -0.126. The van der Waals surface area contributed by atoms with Crippen LogP contribution in [-0.4, -0.2) is 33.4 Å². The maximum Gasteiger partial charge on any atom is 0.262 e. The van der Waals surface area contributed by atoms with Gasteiger partial charge in [0.1, 0.15) is 0 Å². The zero-order chi connectivity index (χ0) is 20.7. The number of H-pyrrole nitrogens is 1. The number of nitrogens with zero attached hydrogens (tertiary/aromatic N) is 1. The summed E-state index contributed by atoms with van der Waals surface area (Å²) in [6.07, 6.45) is 2.57. The van der Waals surface area contributed by atoms with Crippen LogP contribution in [0.15, 0.2) is 29.1 Å². The Balaban J connectivity index is 1.74. The normalized spacial score (nSPS) is 11.4. The van der Waals surface area contributed by atoms with E-state index in [4.69, 9.17) is 12.2 Å². The number of benzene rings is 1.